The molecule has 1 aliphatic heterocycles. The number of carbonyl (C=O) groups is 2. The minimum Gasteiger partial charge on any atom is -0.507 e. The number of rotatable bonds is 9. The Kier molecular flexibility index (Phi) is 7.36. The van der Waals surface area contributed by atoms with Gasteiger partial charge in [0, 0.05) is 5.56 Å². The standard InChI is InChI=1S/C31H27NO7/c1-36-25-15-12-22(17-26(25)37-2)29(33)27-28(32(31(35)30(27)34)18-24-9-6-16-38-24)21-10-13-23(14-11-21)39-19-20-7-4-3-5-8-20/h3-17,28,33H,18-19H2,1-2H3. The van der Waals surface area contributed by atoms with Crippen LogP contribution in [-0.2, 0) is 22.7 Å². The summed E-state index contributed by atoms with van der Waals surface area (Å²) in [7, 11) is 2.98. The molecule has 1 fully saturated rings. The van der Waals surface area contributed by atoms with Gasteiger partial charge >= 0.3 is 0 Å². The van der Waals surface area contributed by atoms with Crippen molar-refractivity contribution in [3.8, 4) is 17.2 Å². The second-order valence-electron chi connectivity index (χ2n) is 8.92. The summed E-state index contributed by atoms with van der Waals surface area (Å²) in [5.74, 6) is 0.149. The van der Waals surface area contributed by atoms with Crippen molar-refractivity contribution in [3.63, 3.8) is 0 Å². The maximum atomic E-state index is 13.3. The number of methoxy groups -OCH3 is 2. The summed E-state index contributed by atoms with van der Waals surface area (Å²) in [5, 5.41) is 11.4. The molecule has 198 valence electrons. The molecule has 2 heterocycles. The van der Waals surface area contributed by atoms with Crippen LogP contribution in [0.25, 0.3) is 5.76 Å². The summed E-state index contributed by atoms with van der Waals surface area (Å²) in [4.78, 5) is 28.0. The number of ether oxygens (including phenoxy) is 3. The third kappa shape index (κ3) is 5.22. The van der Waals surface area contributed by atoms with Crippen LogP contribution in [-0.4, -0.2) is 35.9 Å². The smallest absolute Gasteiger partial charge is 0.296 e. The minimum atomic E-state index is -0.855. The van der Waals surface area contributed by atoms with E-state index >= 15 is 0 Å². The number of amides is 1. The Labute approximate surface area is 225 Å². The fourth-order valence-electron chi connectivity index (χ4n) is 4.59. The van der Waals surface area contributed by atoms with E-state index in [0.29, 0.717) is 40.7 Å². The zero-order chi connectivity index (χ0) is 27.4. The molecular formula is C31H27NO7. The highest BCUT2D eigenvalue weighted by atomic mass is 16.5. The van der Waals surface area contributed by atoms with Crippen LogP contribution in [0.1, 0.15) is 28.5 Å². The number of likely N-dealkylation sites (tertiary alicyclic amines) is 1. The van der Waals surface area contributed by atoms with Crippen LogP contribution in [0.5, 0.6) is 17.2 Å². The van der Waals surface area contributed by atoms with Crippen molar-refractivity contribution in [2.75, 3.05) is 14.2 Å². The fourth-order valence-corrected chi connectivity index (χ4v) is 4.59. The molecular weight excluding hydrogens is 498 g/mol. The third-order valence-corrected chi connectivity index (χ3v) is 6.55. The number of hydrogen-bond acceptors (Lipinski definition) is 7. The molecule has 4 aromatic rings. The molecule has 1 N–H and O–H groups in total. The van der Waals surface area contributed by atoms with Gasteiger partial charge < -0.3 is 28.6 Å². The lowest BCUT2D eigenvalue weighted by Crippen LogP contribution is -2.29. The van der Waals surface area contributed by atoms with Crippen molar-refractivity contribution >= 4 is 17.4 Å². The van der Waals surface area contributed by atoms with Gasteiger partial charge in [-0.15, -0.1) is 0 Å². The van der Waals surface area contributed by atoms with Crippen molar-refractivity contribution in [2.45, 2.75) is 19.2 Å². The van der Waals surface area contributed by atoms with Crippen LogP contribution in [0.3, 0.4) is 0 Å². The van der Waals surface area contributed by atoms with E-state index in [0.717, 1.165) is 5.56 Å². The van der Waals surface area contributed by atoms with Crippen LogP contribution < -0.4 is 14.2 Å². The summed E-state index contributed by atoms with van der Waals surface area (Å²) in [6.45, 7) is 0.452. The number of ketones is 1. The van der Waals surface area contributed by atoms with Crippen LogP contribution in [0.2, 0.25) is 0 Å². The highest BCUT2D eigenvalue weighted by Gasteiger charge is 2.46. The molecule has 1 amide bonds. The lowest BCUT2D eigenvalue weighted by molar-refractivity contribution is -0.140. The Balaban J connectivity index is 1.53. The molecule has 0 bridgehead atoms. The second kappa shape index (κ2) is 11.2. The predicted octanol–water partition coefficient (Wildman–Crippen LogP) is 5.50. The number of aliphatic hydroxyl groups is 1. The summed E-state index contributed by atoms with van der Waals surface area (Å²) in [6, 6.07) is 24.3. The van der Waals surface area contributed by atoms with E-state index in [1.807, 2.05) is 30.3 Å². The Morgan fingerprint density at radius 2 is 1.64 bits per heavy atom. The maximum absolute atomic E-state index is 13.3. The van der Waals surface area contributed by atoms with E-state index in [9.17, 15) is 14.7 Å². The predicted molar refractivity (Wildman–Crippen MR) is 143 cm³/mol. The van der Waals surface area contributed by atoms with Crippen LogP contribution >= 0.6 is 0 Å². The molecule has 0 radical (unpaired) electrons. The lowest BCUT2D eigenvalue weighted by Gasteiger charge is -2.24. The largest absolute Gasteiger partial charge is 0.507 e. The fraction of sp³-hybridized carbons (Fsp3) is 0.161. The number of Topliss-reactive ketones (excluding diaryl/α,β-unsaturated/α-hetero) is 1. The normalized spacial score (nSPS) is 16.4. The summed E-state index contributed by atoms with van der Waals surface area (Å²) >= 11 is 0. The molecule has 3 aromatic carbocycles. The van der Waals surface area contributed by atoms with Crippen molar-refractivity contribution in [3.05, 3.63) is 119 Å². The first kappa shape index (κ1) is 25.7. The molecule has 0 spiro atoms. The van der Waals surface area contributed by atoms with Crippen molar-refractivity contribution in [2.24, 2.45) is 0 Å². The Hall–Kier alpha value is -4.98. The molecule has 0 saturated carbocycles. The molecule has 0 aliphatic carbocycles. The molecule has 1 atom stereocenters. The van der Waals surface area contributed by atoms with Crippen LogP contribution in [0.4, 0.5) is 0 Å². The molecule has 1 saturated heterocycles. The second-order valence-corrected chi connectivity index (χ2v) is 8.92. The van der Waals surface area contributed by atoms with E-state index < -0.39 is 17.7 Å². The van der Waals surface area contributed by atoms with Gasteiger partial charge in [0.2, 0.25) is 0 Å². The quantitative estimate of drug-likeness (QED) is 0.175. The van der Waals surface area contributed by atoms with Gasteiger partial charge in [-0.2, -0.15) is 0 Å². The zero-order valence-corrected chi connectivity index (χ0v) is 21.5. The maximum Gasteiger partial charge on any atom is 0.296 e. The van der Waals surface area contributed by atoms with Crippen molar-refractivity contribution < 1.29 is 33.3 Å². The molecule has 5 rings (SSSR count). The van der Waals surface area contributed by atoms with Crippen LogP contribution in [0, 0.1) is 0 Å². The van der Waals surface area contributed by atoms with Gasteiger partial charge in [-0.3, -0.25) is 9.59 Å². The Morgan fingerprint density at radius 3 is 2.31 bits per heavy atom. The average Bonchev–Trinajstić information content (AvgIpc) is 3.58. The van der Waals surface area contributed by atoms with Crippen molar-refractivity contribution in [1.29, 1.82) is 0 Å². The SMILES string of the molecule is COc1ccc(C(O)=C2C(=O)C(=O)N(Cc3ccco3)C2c2ccc(OCc3ccccc3)cc2)cc1OC. The lowest BCUT2D eigenvalue weighted by atomic mass is 9.95. The number of aliphatic hydroxyl groups excluding tert-OH is 1. The van der Waals surface area contributed by atoms with Gasteiger partial charge in [0.25, 0.3) is 11.7 Å². The summed E-state index contributed by atoms with van der Waals surface area (Å²) < 4.78 is 22.0. The first-order valence-electron chi connectivity index (χ1n) is 12.3. The van der Waals surface area contributed by atoms with Gasteiger partial charge in [-0.05, 0) is 53.6 Å². The Morgan fingerprint density at radius 1 is 0.897 bits per heavy atom. The van der Waals surface area contributed by atoms with Gasteiger partial charge in [-0.25, -0.2) is 0 Å². The van der Waals surface area contributed by atoms with Gasteiger partial charge in [0.15, 0.2) is 11.5 Å². The molecule has 8 nitrogen and oxygen atoms in total. The molecule has 1 aromatic heterocycles. The van der Waals surface area contributed by atoms with Crippen molar-refractivity contribution in [1.82, 2.24) is 4.90 Å². The number of furan rings is 1. The number of carbonyl (C=O) groups excluding carboxylic acids is 2. The van der Waals surface area contributed by atoms with E-state index in [1.54, 1.807) is 54.6 Å². The average molecular weight is 526 g/mol. The molecule has 1 unspecified atom stereocenters. The molecule has 8 heteroatoms. The highest BCUT2D eigenvalue weighted by molar-refractivity contribution is 6.46. The zero-order valence-electron chi connectivity index (χ0n) is 21.5. The van der Waals surface area contributed by atoms with Crippen LogP contribution in [0.15, 0.2) is 101 Å². The van der Waals surface area contributed by atoms with E-state index in [1.165, 1.54) is 25.4 Å². The van der Waals surface area contributed by atoms with E-state index in [4.69, 9.17) is 18.6 Å². The van der Waals surface area contributed by atoms with Gasteiger partial charge in [-0.1, -0.05) is 42.5 Å². The summed E-state index contributed by atoms with van der Waals surface area (Å²) in [5.41, 5.74) is 1.95. The number of hydrogen-bond donors (Lipinski definition) is 1. The third-order valence-electron chi connectivity index (χ3n) is 6.55. The van der Waals surface area contributed by atoms with E-state index in [2.05, 4.69) is 0 Å². The van der Waals surface area contributed by atoms with E-state index in [-0.39, 0.29) is 17.9 Å². The monoisotopic (exact) mass is 525 g/mol. The number of benzene rings is 3. The van der Waals surface area contributed by atoms with Gasteiger partial charge in [0.05, 0.1) is 38.6 Å². The Bertz CT molecular complexity index is 1490. The number of nitrogens with zero attached hydrogens (tertiary/aromatic N) is 1. The topological polar surface area (TPSA) is 98.4 Å². The first-order valence-corrected chi connectivity index (χ1v) is 12.3. The van der Waals surface area contributed by atoms with Gasteiger partial charge in [0.1, 0.15) is 23.9 Å². The molecule has 39 heavy (non-hydrogen) atoms. The molecule has 1 aliphatic rings. The summed E-state index contributed by atoms with van der Waals surface area (Å²) in [6.07, 6.45) is 1.50. The first-order chi connectivity index (χ1) is 19.0. The minimum absolute atomic E-state index is 0.0308. The highest BCUT2D eigenvalue weighted by Crippen LogP contribution is 2.41.